The molecule has 0 saturated carbocycles. The Bertz CT molecular complexity index is 187. The van der Waals surface area contributed by atoms with Gasteiger partial charge >= 0.3 is 5.97 Å². The standard InChI is InChI=1S/C10H18O3/c1-4-12-7-10(3)6-5-8(2)9(11)13-10/h8H,4-7H2,1-3H3. The molecule has 0 spiro atoms. The number of ether oxygens (including phenoxy) is 2. The maximum absolute atomic E-state index is 11.3. The lowest BCUT2D eigenvalue weighted by atomic mass is 9.91. The third-order valence-corrected chi connectivity index (χ3v) is 2.47. The van der Waals surface area contributed by atoms with Crippen LogP contribution in [0.5, 0.6) is 0 Å². The van der Waals surface area contributed by atoms with Crippen molar-refractivity contribution in [1.82, 2.24) is 0 Å². The Balaban J connectivity index is 2.46. The number of hydrogen-bond acceptors (Lipinski definition) is 3. The molecule has 0 radical (unpaired) electrons. The minimum absolute atomic E-state index is 0.0506. The summed E-state index contributed by atoms with van der Waals surface area (Å²) in [6.07, 6.45) is 1.81. The maximum atomic E-state index is 11.3. The molecular weight excluding hydrogens is 168 g/mol. The van der Waals surface area contributed by atoms with E-state index < -0.39 is 0 Å². The molecule has 1 aliphatic rings. The summed E-state index contributed by atoms with van der Waals surface area (Å²) in [7, 11) is 0. The van der Waals surface area contributed by atoms with Gasteiger partial charge in [0.05, 0.1) is 12.5 Å². The van der Waals surface area contributed by atoms with Crippen molar-refractivity contribution in [2.45, 2.75) is 39.2 Å². The van der Waals surface area contributed by atoms with Crippen molar-refractivity contribution in [3.05, 3.63) is 0 Å². The summed E-state index contributed by atoms with van der Waals surface area (Å²) in [5.41, 5.74) is -0.389. The molecule has 3 nitrogen and oxygen atoms in total. The van der Waals surface area contributed by atoms with Crippen molar-refractivity contribution in [3.63, 3.8) is 0 Å². The van der Waals surface area contributed by atoms with Crippen molar-refractivity contribution >= 4 is 5.97 Å². The zero-order valence-electron chi connectivity index (χ0n) is 8.63. The van der Waals surface area contributed by atoms with Crippen LogP contribution in [0.3, 0.4) is 0 Å². The number of esters is 1. The Morgan fingerprint density at radius 3 is 2.92 bits per heavy atom. The molecule has 0 amide bonds. The minimum atomic E-state index is -0.389. The van der Waals surface area contributed by atoms with E-state index in [0.29, 0.717) is 13.2 Å². The fourth-order valence-corrected chi connectivity index (χ4v) is 1.45. The summed E-state index contributed by atoms with van der Waals surface area (Å²) >= 11 is 0. The van der Waals surface area contributed by atoms with Gasteiger partial charge in [-0.05, 0) is 26.7 Å². The number of hydrogen-bond donors (Lipinski definition) is 0. The molecule has 3 heteroatoms. The average molecular weight is 186 g/mol. The summed E-state index contributed by atoms with van der Waals surface area (Å²) in [5, 5.41) is 0. The lowest BCUT2D eigenvalue weighted by molar-refractivity contribution is -0.178. The van der Waals surface area contributed by atoms with E-state index in [2.05, 4.69) is 0 Å². The van der Waals surface area contributed by atoms with Crippen LogP contribution >= 0.6 is 0 Å². The molecule has 0 aliphatic carbocycles. The molecular formula is C10H18O3. The molecule has 1 aliphatic heterocycles. The highest BCUT2D eigenvalue weighted by Crippen LogP contribution is 2.28. The van der Waals surface area contributed by atoms with Gasteiger partial charge in [-0.25, -0.2) is 0 Å². The molecule has 1 heterocycles. The normalized spacial score (nSPS) is 34.4. The minimum Gasteiger partial charge on any atom is -0.457 e. The van der Waals surface area contributed by atoms with Crippen molar-refractivity contribution in [2.75, 3.05) is 13.2 Å². The number of carbonyl (C=O) groups excluding carboxylic acids is 1. The van der Waals surface area contributed by atoms with Crippen molar-refractivity contribution in [1.29, 1.82) is 0 Å². The van der Waals surface area contributed by atoms with Gasteiger partial charge in [-0.1, -0.05) is 6.92 Å². The third-order valence-electron chi connectivity index (χ3n) is 2.47. The molecule has 1 fully saturated rings. The van der Waals surface area contributed by atoms with Gasteiger partial charge in [0, 0.05) is 6.61 Å². The largest absolute Gasteiger partial charge is 0.457 e. The molecule has 13 heavy (non-hydrogen) atoms. The SMILES string of the molecule is CCOCC1(C)CCC(C)C(=O)O1. The van der Waals surface area contributed by atoms with Gasteiger partial charge < -0.3 is 9.47 Å². The molecule has 1 saturated heterocycles. The monoisotopic (exact) mass is 186 g/mol. The fourth-order valence-electron chi connectivity index (χ4n) is 1.45. The first-order valence-electron chi connectivity index (χ1n) is 4.88. The van der Waals surface area contributed by atoms with Gasteiger partial charge in [-0.2, -0.15) is 0 Å². The van der Waals surface area contributed by atoms with Crippen LogP contribution in [0.1, 0.15) is 33.6 Å². The molecule has 0 aromatic carbocycles. The molecule has 2 unspecified atom stereocenters. The van der Waals surface area contributed by atoms with Crippen molar-refractivity contribution in [3.8, 4) is 0 Å². The highest BCUT2D eigenvalue weighted by atomic mass is 16.6. The van der Waals surface area contributed by atoms with Crippen molar-refractivity contribution < 1.29 is 14.3 Å². The Morgan fingerprint density at radius 2 is 2.38 bits per heavy atom. The highest BCUT2D eigenvalue weighted by Gasteiger charge is 2.36. The van der Waals surface area contributed by atoms with Crippen LogP contribution in [0.25, 0.3) is 0 Å². The van der Waals surface area contributed by atoms with Crippen LogP contribution in [-0.4, -0.2) is 24.8 Å². The van der Waals surface area contributed by atoms with Gasteiger partial charge in [-0.3, -0.25) is 4.79 Å². The van der Waals surface area contributed by atoms with E-state index >= 15 is 0 Å². The Labute approximate surface area is 79.4 Å². The van der Waals surface area contributed by atoms with Gasteiger partial charge in [0.25, 0.3) is 0 Å². The summed E-state index contributed by atoms with van der Waals surface area (Å²) < 4.78 is 10.6. The molecule has 0 aromatic rings. The summed E-state index contributed by atoms with van der Waals surface area (Å²) in [6, 6.07) is 0. The van der Waals surface area contributed by atoms with Gasteiger partial charge in [0.15, 0.2) is 0 Å². The summed E-state index contributed by atoms with van der Waals surface area (Å²) in [4.78, 5) is 11.3. The molecule has 2 atom stereocenters. The molecule has 0 N–H and O–H groups in total. The van der Waals surface area contributed by atoms with Crippen LogP contribution in [0.15, 0.2) is 0 Å². The molecule has 0 bridgehead atoms. The van der Waals surface area contributed by atoms with E-state index in [9.17, 15) is 4.79 Å². The van der Waals surface area contributed by atoms with E-state index in [0.717, 1.165) is 12.8 Å². The van der Waals surface area contributed by atoms with E-state index in [-0.39, 0.29) is 17.5 Å². The van der Waals surface area contributed by atoms with Gasteiger partial charge in [0.1, 0.15) is 5.60 Å². The second kappa shape index (κ2) is 4.09. The van der Waals surface area contributed by atoms with Gasteiger partial charge in [-0.15, -0.1) is 0 Å². The van der Waals surface area contributed by atoms with E-state index in [4.69, 9.17) is 9.47 Å². The fraction of sp³-hybridized carbons (Fsp3) is 0.900. The summed E-state index contributed by atoms with van der Waals surface area (Å²) in [5.74, 6) is -0.0387. The first-order chi connectivity index (χ1) is 6.07. The Hall–Kier alpha value is -0.570. The second-order valence-electron chi connectivity index (χ2n) is 3.95. The molecule has 1 rings (SSSR count). The second-order valence-corrected chi connectivity index (χ2v) is 3.95. The van der Waals surface area contributed by atoms with E-state index in [1.54, 1.807) is 0 Å². The molecule has 76 valence electrons. The lowest BCUT2D eigenvalue weighted by Gasteiger charge is -2.35. The van der Waals surface area contributed by atoms with Gasteiger partial charge in [0.2, 0.25) is 0 Å². The topological polar surface area (TPSA) is 35.5 Å². The number of carbonyl (C=O) groups is 1. The van der Waals surface area contributed by atoms with E-state index in [1.807, 2.05) is 20.8 Å². The number of rotatable bonds is 3. The predicted octanol–water partition coefficient (Wildman–Crippen LogP) is 1.75. The maximum Gasteiger partial charge on any atom is 0.309 e. The first-order valence-corrected chi connectivity index (χ1v) is 4.88. The lowest BCUT2D eigenvalue weighted by Crippen LogP contribution is -2.42. The zero-order valence-corrected chi connectivity index (χ0v) is 8.63. The van der Waals surface area contributed by atoms with Crippen LogP contribution in [0.4, 0.5) is 0 Å². The predicted molar refractivity (Wildman–Crippen MR) is 49.4 cm³/mol. The smallest absolute Gasteiger partial charge is 0.309 e. The quantitative estimate of drug-likeness (QED) is 0.630. The molecule has 0 aromatic heterocycles. The summed E-state index contributed by atoms with van der Waals surface area (Å²) in [6.45, 7) is 6.97. The average Bonchev–Trinajstić information content (AvgIpc) is 2.09. The Kier molecular flexibility index (Phi) is 3.31. The Morgan fingerprint density at radius 1 is 1.69 bits per heavy atom. The highest BCUT2D eigenvalue weighted by molar-refractivity contribution is 5.73. The van der Waals surface area contributed by atoms with E-state index in [1.165, 1.54) is 0 Å². The van der Waals surface area contributed by atoms with Crippen LogP contribution < -0.4 is 0 Å². The van der Waals surface area contributed by atoms with Crippen LogP contribution in [0, 0.1) is 5.92 Å². The van der Waals surface area contributed by atoms with Crippen molar-refractivity contribution in [2.24, 2.45) is 5.92 Å². The number of cyclic esters (lactones) is 1. The van der Waals surface area contributed by atoms with Crippen LogP contribution in [0.2, 0.25) is 0 Å². The first kappa shape index (κ1) is 10.5. The van der Waals surface area contributed by atoms with Crippen LogP contribution in [-0.2, 0) is 14.3 Å². The third kappa shape index (κ3) is 2.69. The zero-order chi connectivity index (χ0) is 9.90.